The minimum Gasteiger partial charge on any atom is -0.315 e. The van der Waals surface area contributed by atoms with Crippen molar-refractivity contribution in [3.63, 3.8) is 0 Å². The zero-order chi connectivity index (χ0) is 9.68. The molecule has 0 aliphatic carbocycles. The number of nitrogens with zero attached hydrogens (tertiary/aromatic N) is 2. The Hall–Kier alpha value is -0.900. The van der Waals surface area contributed by atoms with Crippen molar-refractivity contribution in [2.24, 2.45) is 0 Å². The van der Waals surface area contributed by atoms with Crippen LogP contribution in [0.15, 0.2) is 0 Å². The molecule has 0 amide bonds. The van der Waals surface area contributed by atoms with Gasteiger partial charge in [0.05, 0.1) is 0 Å². The molecule has 4 heteroatoms. The van der Waals surface area contributed by atoms with E-state index in [1.54, 1.807) is 0 Å². The highest BCUT2D eigenvalue weighted by Gasteiger charge is 1.99. The van der Waals surface area contributed by atoms with Crippen LogP contribution in [0.1, 0.15) is 31.9 Å². The summed E-state index contributed by atoms with van der Waals surface area (Å²) < 4.78 is 0. The van der Waals surface area contributed by atoms with Gasteiger partial charge in [-0.25, -0.2) is 4.98 Å². The standard InChI is InChI=1S/C9H18N4/c1-7(2)10-6-4-5-9-11-8(3)12-13-9/h7,10H,4-6H2,1-3H3,(H,11,12,13). The third-order valence-electron chi connectivity index (χ3n) is 1.77. The van der Waals surface area contributed by atoms with Gasteiger partial charge in [0, 0.05) is 12.5 Å². The summed E-state index contributed by atoms with van der Waals surface area (Å²) in [6, 6.07) is 0.564. The molecule has 0 aliphatic rings. The van der Waals surface area contributed by atoms with E-state index in [2.05, 4.69) is 34.3 Å². The fourth-order valence-electron chi connectivity index (χ4n) is 1.14. The molecule has 0 radical (unpaired) electrons. The minimum atomic E-state index is 0.564. The number of aromatic amines is 1. The Morgan fingerprint density at radius 1 is 1.46 bits per heavy atom. The lowest BCUT2D eigenvalue weighted by atomic mass is 10.3. The van der Waals surface area contributed by atoms with Gasteiger partial charge in [0.2, 0.25) is 0 Å². The number of aromatic nitrogens is 3. The normalized spacial score (nSPS) is 11.1. The van der Waals surface area contributed by atoms with Gasteiger partial charge >= 0.3 is 0 Å². The molecule has 0 bridgehead atoms. The van der Waals surface area contributed by atoms with E-state index in [4.69, 9.17) is 0 Å². The van der Waals surface area contributed by atoms with E-state index in [0.29, 0.717) is 6.04 Å². The first kappa shape index (κ1) is 10.2. The largest absolute Gasteiger partial charge is 0.315 e. The van der Waals surface area contributed by atoms with Crippen molar-refractivity contribution < 1.29 is 0 Å². The molecule has 0 saturated heterocycles. The van der Waals surface area contributed by atoms with Crippen LogP contribution in [0.5, 0.6) is 0 Å². The first-order chi connectivity index (χ1) is 6.18. The SMILES string of the molecule is Cc1nc(CCCNC(C)C)n[nH]1. The zero-order valence-electron chi connectivity index (χ0n) is 8.59. The Kier molecular flexibility index (Phi) is 3.89. The molecule has 0 aromatic carbocycles. The molecule has 1 aromatic rings. The van der Waals surface area contributed by atoms with E-state index >= 15 is 0 Å². The van der Waals surface area contributed by atoms with Crippen LogP contribution in [-0.4, -0.2) is 27.8 Å². The van der Waals surface area contributed by atoms with Gasteiger partial charge < -0.3 is 5.32 Å². The number of H-pyrrole nitrogens is 1. The number of nitrogens with one attached hydrogen (secondary N) is 2. The van der Waals surface area contributed by atoms with E-state index < -0.39 is 0 Å². The van der Waals surface area contributed by atoms with E-state index in [0.717, 1.165) is 31.0 Å². The van der Waals surface area contributed by atoms with Gasteiger partial charge in [-0.3, -0.25) is 5.10 Å². The molecular weight excluding hydrogens is 164 g/mol. The third-order valence-corrected chi connectivity index (χ3v) is 1.77. The number of hydrogen-bond donors (Lipinski definition) is 2. The monoisotopic (exact) mass is 182 g/mol. The fourth-order valence-corrected chi connectivity index (χ4v) is 1.14. The van der Waals surface area contributed by atoms with Crippen molar-refractivity contribution in [2.75, 3.05) is 6.54 Å². The van der Waals surface area contributed by atoms with E-state index in [9.17, 15) is 0 Å². The summed E-state index contributed by atoms with van der Waals surface area (Å²) in [6.07, 6.45) is 2.04. The van der Waals surface area contributed by atoms with Crippen LogP contribution in [-0.2, 0) is 6.42 Å². The maximum absolute atomic E-state index is 4.23. The van der Waals surface area contributed by atoms with Gasteiger partial charge in [0.1, 0.15) is 5.82 Å². The molecule has 0 unspecified atom stereocenters. The van der Waals surface area contributed by atoms with E-state index in [-0.39, 0.29) is 0 Å². The van der Waals surface area contributed by atoms with Crippen LogP contribution in [0, 0.1) is 6.92 Å². The summed E-state index contributed by atoms with van der Waals surface area (Å²) in [4.78, 5) is 4.23. The number of aryl methyl sites for hydroxylation is 2. The minimum absolute atomic E-state index is 0.564. The van der Waals surface area contributed by atoms with Crippen LogP contribution in [0.3, 0.4) is 0 Å². The van der Waals surface area contributed by atoms with Crippen LogP contribution in [0.4, 0.5) is 0 Å². The summed E-state index contributed by atoms with van der Waals surface area (Å²) in [5, 5.41) is 10.3. The lowest BCUT2D eigenvalue weighted by Gasteiger charge is -2.05. The van der Waals surface area contributed by atoms with Crippen LogP contribution in [0.2, 0.25) is 0 Å². The van der Waals surface area contributed by atoms with Crippen molar-refractivity contribution in [3.05, 3.63) is 11.6 Å². The van der Waals surface area contributed by atoms with Gasteiger partial charge in [-0.2, -0.15) is 5.10 Å². The first-order valence-electron chi connectivity index (χ1n) is 4.79. The third kappa shape index (κ3) is 4.03. The highest BCUT2D eigenvalue weighted by atomic mass is 15.2. The second kappa shape index (κ2) is 4.97. The number of rotatable bonds is 5. The van der Waals surface area contributed by atoms with Crippen LogP contribution < -0.4 is 5.32 Å². The maximum atomic E-state index is 4.23. The molecule has 0 saturated carbocycles. The van der Waals surface area contributed by atoms with Gasteiger partial charge in [-0.15, -0.1) is 0 Å². The van der Waals surface area contributed by atoms with Crippen molar-refractivity contribution >= 4 is 0 Å². The van der Waals surface area contributed by atoms with Crippen LogP contribution in [0.25, 0.3) is 0 Å². The Labute approximate surface area is 79.2 Å². The molecule has 4 nitrogen and oxygen atoms in total. The zero-order valence-corrected chi connectivity index (χ0v) is 8.59. The predicted octanol–water partition coefficient (Wildman–Crippen LogP) is 1.04. The highest BCUT2D eigenvalue weighted by Crippen LogP contribution is 1.95. The van der Waals surface area contributed by atoms with Gasteiger partial charge in [-0.05, 0) is 19.9 Å². The predicted molar refractivity (Wildman–Crippen MR) is 52.6 cm³/mol. The lowest BCUT2D eigenvalue weighted by molar-refractivity contribution is 0.566. The molecule has 0 spiro atoms. The summed E-state index contributed by atoms with van der Waals surface area (Å²) in [7, 11) is 0. The molecule has 74 valence electrons. The Morgan fingerprint density at radius 2 is 2.23 bits per heavy atom. The lowest BCUT2D eigenvalue weighted by Crippen LogP contribution is -2.24. The quantitative estimate of drug-likeness (QED) is 0.669. The summed E-state index contributed by atoms with van der Waals surface area (Å²) in [5.74, 6) is 1.81. The Morgan fingerprint density at radius 3 is 2.77 bits per heavy atom. The highest BCUT2D eigenvalue weighted by molar-refractivity contribution is 4.87. The molecule has 13 heavy (non-hydrogen) atoms. The maximum Gasteiger partial charge on any atom is 0.150 e. The van der Waals surface area contributed by atoms with E-state index in [1.165, 1.54) is 0 Å². The fraction of sp³-hybridized carbons (Fsp3) is 0.778. The van der Waals surface area contributed by atoms with Gasteiger partial charge in [-0.1, -0.05) is 13.8 Å². The Bertz CT molecular complexity index is 242. The van der Waals surface area contributed by atoms with Crippen LogP contribution >= 0.6 is 0 Å². The average Bonchev–Trinajstić information content (AvgIpc) is 2.45. The molecule has 0 aliphatic heterocycles. The summed E-state index contributed by atoms with van der Waals surface area (Å²) in [5.41, 5.74) is 0. The molecular formula is C9H18N4. The smallest absolute Gasteiger partial charge is 0.150 e. The van der Waals surface area contributed by atoms with Crippen molar-refractivity contribution in [1.29, 1.82) is 0 Å². The second-order valence-electron chi connectivity index (χ2n) is 3.55. The second-order valence-corrected chi connectivity index (χ2v) is 3.55. The topological polar surface area (TPSA) is 53.6 Å². The van der Waals surface area contributed by atoms with Crippen molar-refractivity contribution in [1.82, 2.24) is 20.5 Å². The summed E-state index contributed by atoms with van der Waals surface area (Å²) in [6.45, 7) is 7.25. The molecule has 2 N–H and O–H groups in total. The first-order valence-corrected chi connectivity index (χ1v) is 4.79. The average molecular weight is 182 g/mol. The Balaban J connectivity index is 2.13. The molecule has 0 fully saturated rings. The number of hydrogen-bond acceptors (Lipinski definition) is 3. The van der Waals surface area contributed by atoms with Crippen molar-refractivity contribution in [2.45, 2.75) is 39.7 Å². The van der Waals surface area contributed by atoms with E-state index in [1.807, 2.05) is 6.92 Å². The molecule has 1 aromatic heterocycles. The molecule has 1 heterocycles. The molecule has 0 atom stereocenters. The molecule has 1 rings (SSSR count). The van der Waals surface area contributed by atoms with Gasteiger partial charge in [0.25, 0.3) is 0 Å². The van der Waals surface area contributed by atoms with Gasteiger partial charge in [0.15, 0.2) is 5.82 Å². The summed E-state index contributed by atoms with van der Waals surface area (Å²) >= 11 is 0. The van der Waals surface area contributed by atoms with Crippen molar-refractivity contribution in [3.8, 4) is 0 Å².